The average Bonchev–Trinajstić information content (AvgIpc) is 2.72. The Morgan fingerprint density at radius 3 is 1.88 bits per heavy atom. The molecule has 1 aromatic rings. The van der Waals surface area contributed by atoms with Crippen LogP contribution in [0.3, 0.4) is 0 Å². The van der Waals surface area contributed by atoms with Gasteiger partial charge >= 0.3 is 0 Å². The van der Waals surface area contributed by atoms with Crippen molar-refractivity contribution in [2.75, 3.05) is 13.2 Å². The molecule has 0 saturated heterocycles. The first kappa shape index (κ1) is 24.2. The van der Waals surface area contributed by atoms with Gasteiger partial charge < -0.3 is 15.4 Å². The third-order valence-electron chi connectivity index (χ3n) is 7.06. The molecule has 1 heterocycles. The van der Waals surface area contributed by atoms with Gasteiger partial charge in [0.05, 0.1) is 0 Å². The van der Waals surface area contributed by atoms with Crippen LogP contribution in [0.15, 0.2) is 46.8 Å². The standard InChI is InChI=1S/C28H36N2O4/c1-6-11-30-19-12-27(2,3)14-21(31)25(19)24(26-20(30)13-28(4,5)15-22(26)32)17-7-9-18(10-8-17)34-16-23(29)33/h7-10,24H,6,11-16H2,1-5H3,(H2,29,33). The van der Waals surface area contributed by atoms with Crippen molar-refractivity contribution < 1.29 is 19.1 Å². The maximum atomic E-state index is 13.6. The highest BCUT2D eigenvalue weighted by molar-refractivity contribution is 6.06. The van der Waals surface area contributed by atoms with Crippen molar-refractivity contribution in [2.45, 2.75) is 72.6 Å². The van der Waals surface area contributed by atoms with Crippen LogP contribution in [0.4, 0.5) is 0 Å². The van der Waals surface area contributed by atoms with E-state index in [1.165, 1.54) is 0 Å². The van der Waals surface area contributed by atoms with Crippen molar-refractivity contribution in [1.29, 1.82) is 0 Å². The van der Waals surface area contributed by atoms with Crippen LogP contribution in [0.25, 0.3) is 0 Å². The highest BCUT2D eigenvalue weighted by atomic mass is 16.5. The van der Waals surface area contributed by atoms with Crippen molar-refractivity contribution in [2.24, 2.45) is 16.6 Å². The molecule has 3 aliphatic rings. The Labute approximate surface area is 202 Å². The number of nitrogens with zero attached hydrogens (tertiary/aromatic N) is 1. The van der Waals surface area contributed by atoms with E-state index >= 15 is 0 Å². The first-order valence-electron chi connectivity index (χ1n) is 12.2. The van der Waals surface area contributed by atoms with Gasteiger partial charge in [-0.1, -0.05) is 46.8 Å². The summed E-state index contributed by atoms with van der Waals surface area (Å²) in [6.07, 6.45) is 3.52. The Morgan fingerprint density at radius 2 is 1.44 bits per heavy atom. The van der Waals surface area contributed by atoms with Crippen LogP contribution in [0.2, 0.25) is 0 Å². The van der Waals surface area contributed by atoms with Crippen molar-refractivity contribution in [1.82, 2.24) is 4.90 Å². The molecule has 0 unspecified atom stereocenters. The number of allylic oxidation sites excluding steroid dienone is 4. The summed E-state index contributed by atoms with van der Waals surface area (Å²) in [6, 6.07) is 7.38. The van der Waals surface area contributed by atoms with Gasteiger partial charge in [-0.2, -0.15) is 0 Å². The molecule has 6 heteroatoms. The number of hydrogen-bond donors (Lipinski definition) is 1. The second-order valence-corrected chi connectivity index (χ2v) is 11.5. The molecule has 6 nitrogen and oxygen atoms in total. The molecule has 0 atom stereocenters. The molecule has 0 bridgehead atoms. The van der Waals surface area contributed by atoms with Crippen molar-refractivity contribution in [3.05, 3.63) is 52.4 Å². The van der Waals surface area contributed by atoms with Crippen LogP contribution in [0, 0.1) is 10.8 Å². The summed E-state index contributed by atoms with van der Waals surface area (Å²) < 4.78 is 5.43. The van der Waals surface area contributed by atoms with E-state index in [0.29, 0.717) is 18.6 Å². The summed E-state index contributed by atoms with van der Waals surface area (Å²) in [5.41, 5.74) is 9.60. The second kappa shape index (κ2) is 8.71. The van der Waals surface area contributed by atoms with Gasteiger partial charge in [-0.25, -0.2) is 0 Å². The summed E-state index contributed by atoms with van der Waals surface area (Å²) in [4.78, 5) is 40.6. The lowest BCUT2D eigenvalue weighted by Gasteiger charge is -2.49. The zero-order chi connectivity index (χ0) is 24.8. The van der Waals surface area contributed by atoms with Gasteiger partial charge in [0.2, 0.25) is 0 Å². The number of ether oxygens (including phenoxy) is 1. The molecule has 0 aromatic heterocycles. The summed E-state index contributed by atoms with van der Waals surface area (Å²) in [5.74, 6) is -0.105. The van der Waals surface area contributed by atoms with Crippen LogP contribution < -0.4 is 10.5 Å². The fourth-order valence-corrected chi connectivity index (χ4v) is 5.79. The molecule has 182 valence electrons. The SMILES string of the molecule is CCCN1C2=C(C(=O)CC(C)(C)C2)C(c2ccc(OCC(N)=O)cc2)C2=C1CC(C)(C)CC2=O. The number of nitrogens with two attached hydrogens (primary N) is 1. The zero-order valence-corrected chi connectivity index (χ0v) is 21.0. The predicted molar refractivity (Wildman–Crippen MR) is 131 cm³/mol. The van der Waals surface area contributed by atoms with Crippen LogP contribution in [0.1, 0.15) is 78.2 Å². The number of hydrogen-bond acceptors (Lipinski definition) is 5. The van der Waals surface area contributed by atoms with E-state index in [-0.39, 0.29) is 34.9 Å². The highest BCUT2D eigenvalue weighted by Gasteiger charge is 2.48. The normalized spacial score (nSPS) is 22.0. The largest absolute Gasteiger partial charge is 0.484 e. The van der Waals surface area contributed by atoms with Gasteiger partial charge in [0.1, 0.15) is 5.75 Å². The monoisotopic (exact) mass is 464 g/mol. The molecular formula is C28H36N2O4. The van der Waals surface area contributed by atoms with Crippen molar-refractivity contribution in [3.8, 4) is 5.75 Å². The first-order chi connectivity index (χ1) is 15.9. The molecule has 2 aliphatic carbocycles. The minimum absolute atomic E-state index is 0.120. The number of benzene rings is 1. The quantitative estimate of drug-likeness (QED) is 0.662. The zero-order valence-electron chi connectivity index (χ0n) is 21.0. The fourth-order valence-electron chi connectivity index (χ4n) is 5.79. The smallest absolute Gasteiger partial charge is 0.255 e. The molecule has 2 N–H and O–H groups in total. The van der Waals surface area contributed by atoms with E-state index in [0.717, 1.165) is 53.9 Å². The van der Waals surface area contributed by atoms with E-state index in [1.54, 1.807) is 12.1 Å². The molecular weight excluding hydrogens is 428 g/mol. The number of rotatable bonds is 6. The minimum atomic E-state index is -0.539. The van der Waals surface area contributed by atoms with E-state index in [2.05, 4.69) is 39.5 Å². The fraction of sp³-hybridized carbons (Fsp3) is 0.536. The maximum Gasteiger partial charge on any atom is 0.255 e. The van der Waals surface area contributed by atoms with Gasteiger partial charge in [-0.15, -0.1) is 0 Å². The Bertz CT molecular complexity index is 1040. The van der Waals surface area contributed by atoms with Crippen molar-refractivity contribution >= 4 is 17.5 Å². The lowest BCUT2D eigenvalue weighted by atomic mass is 9.63. The molecule has 1 amide bonds. The maximum absolute atomic E-state index is 13.6. The van der Waals surface area contributed by atoms with E-state index in [9.17, 15) is 14.4 Å². The Morgan fingerprint density at radius 1 is 0.941 bits per heavy atom. The van der Waals surface area contributed by atoms with Crippen LogP contribution in [0.5, 0.6) is 5.75 Å². The first-order valence-corrected chi connectivity index (χ1v) is 12.2. The molecule has 0 spiro atoms. The topological polar surface area (TPSA) is 89.7 Å². The van der Waals surface area contributed by atoms with Gasteiger partial charge in [-0.3, -0.25) is 14.4 Å². The summed E-state index contributed by atoms with van der Waals surface area (Å²) in [7, 11) is 0. The number of carbonyl (C=O) groups is 3. The van der Waals surface area contributed by atoms with Crippen LogP contribution in [-0.2, 0) is 14.4 Å². The predicted octanol–water partition coefficient (Wildman–Crippen LogP) is 4.65. The molecule has 4 rings (SSSR count). The lowest BCUT2D eigenvalue weighted by Crippen LogP contribution is -2.44. The number of ketones is 2. The van der Waals surface area contributed by atoms with E-state index in [4.69, 9.17) is 10.5 Å². The second-order valence-electron chi connectivity index (χ2n) is 11.5. The van der Waals surface area contributed by atoms with Crippen LogP contribution >= 0.6 is 0 Å². The summed E-state index contributed by atoms with van der Waals surface area (Å²) >= 11 is 0. The molecule has 1 aromatic carbocycles. The van der Waals surface area contributed by atoms with Crippen molar-refractivity contribution in [3.63, 3.8) is 0 Å². The molecule has 1 aliphatic heterocycles. The van der Waals surface area contributed by atoms with Gasteiger partial charge in [-0.05, 0) is 47.8 Å². The van der Waals surface area contributed by atoms with Gasteiger partial charge in [0, 0.05) is 47.8 Å². The molecule has 0 fully saturated rings. The third-order valence-corrected chi connectivity index (χ3v) is 7.06. The third kappa shape index (κ3) is 4.55. The highest BCUT2D eigenvalue weighted by Crippen LogP contribution is 2.54. The Hall–Kier alpha value is -2.89. The number of amides is 1. The molecule has 0 radical (unpaired) electrons. The minimum Gasteiger partial charge on any atom is -0.484 e. The average molecular weight is 465 g/mol. The Balaban J connectivity index is 1.87. The molecule has 34 heavy (non-hydrogen) atoms. The van der Waals surface area contributed by atoms with E-state index in [1.807, 2.05) is 12.1 Å². The van der Waals surface area contributed by atoms with E-state index < -0.39 is 5.91 Å². The summed E-state index contributed by atoms with van der Waals surface area (Å²) in [5, 5.41) is 0. The number of Topliss-reactive ketones (excluding diaryl/α,β-unsaturated/α-hetero) is 2. The lowest BCUT2D eigenvalue weighted by molar-refractivity contribution is -0.121. The number of primary amides is 1. The summed E-state index contributed by atoms with van der Waals surface area (Å²) in [6.45, 7) is 11.4. The number of carbonyl (C=O) groups excluding carboxylic acids is 3. The van der Waals surface area contributed by atoms with Gasteiger partial charge in [0.25, 0.3) is 5.91 Å². The molecule has 0 saturated carbocycles. The van der Waals surface area contributed by atoms with Gasteiger partial charge in [0.15, 0.2) is 18.2 Å². The van der Waals surface area contributed by atoms with Crippen LogP contribution in [-0.4, -0.2) is 35.5 Å². The Kier molecular flexibility index (Phi) is 6.21.